The molecule has 0 heterocycles. The number of rotatable bonds is 9. The van der Waals surface area contributed by atoms with Gasteiger partial charge in [-0.05, 0) is 18.6 Å². The van der Waals surface area contributed by atoms with Crippen LogP contribution in [0.2, 0.25) is 0 Å². The summed E-state index contributed by atoms with van der Waals surface area (Å²) >= 11 is 0. The summed E-state index contributed by atoms with van der Waals surface area (Å²) in [6.45, 7) is 2.79. The van der Waals surface area contributed by atoms with Crippen molar-refractivity contribution in [3.8, 4) is 0 Å². The lowest BCUT2D eigenvalue weighted by Crippen LogP contribution is -2.36. The third kappa shape index (κ3) is 4.96. The van der Waals surface area contributed by atoms with E-state index in [-0.39, 0.29) is 18.0 Å². The van der Waals surface area contributed by atoms with Gasteiger partial charge in [0.1, 0.15) is 4.90 Å². The number of methoxy groups -OCH3 is 1. The second-order valence-corrected chi connectivity index (χ2v) is 6.83. The van der Waals surface area contributed by atoms with Crippen molar-refractivity contribution in [1.29, 1.82) is 0 Å². The lowest BCUT2D eigenvalue weighted by molar-refractivity contribution is 0.0554. The van der Waals surface area contributed by atoms with Crippen LogP contribution >= 0.6 is 0 Å². The number of sulfonamides is 1. The monoisotopic (exact) mass is 316 g/mol. The minimum atomic E-state index is -3.66. The van der Waals surface area contributed by atoms with Gasteiger partial charge in [-0.2, -0.15) is 4.31 Å². The van der Waals surface area contributed by atoms with Crippen molar-refractivity contribution in [2.75, 3.05) is 39.2 Å². The second kappa shape index (κ2) is 8.33. The van der Waals surface area contributed by atoms with Crippen LogP contribution in [0.4, 0.5) is 5.69 Å². The minimum absolute atomic E-state index is 0.0156. The van der Waals surface area contributed by atoms with Crippen molar-refractivity contribution in [3.05, 3.63) is 24.3 Å². The van der Waals surface area contributed by atoms with Crippen molar-refractivity contribution in [2.45, 2.75) is 24.3 Å². The van der Waals surface area contributed by atoms with Crippen molar-refractivity contribution in [2.24, 2.45) is 0 Å². The molecule has 0 aliphatic heterocycles. The van der Waals surface area contributed by atoms with E-state index in [0.29, 0.717) is 12.2 Å². The van der Waals surface area contributed by atoms with Crippen LogP contribution < -0.4 is 5.32 Å². The average molecular weight is 316 g/mol. The molecule has 1 atom stereocenters. The number of nitrogens with one attached hydrogen (secondary N) is 1. The molecular weight excluding hydrogens is 292 g/mol. The molecule has 0 saturated carbocycles. The van der Waals surface area contributed by atoms with Crippen LogP contribution in [0.25, 0.3) is 0 Å². The van der Waals surface area contributed by atoms with E-state index in [1.54, 1.807) is 24.3 Å². The Morgan fingerprint density at radius 1 is 1.38 bits per heavy atom. The summed E-state index contributed by atoms with van der Waals surface area (Å²) in [5, 5.41) is 12.8. The number of aliphatic hydroxyl groups excluding tert-OH is 1. The molecule has 6 nitrogen and oxygen atoms in total. The number of benzene rings is 1. The molecule has 0 fully saturated rings. The first-order valence-electron chi connectivity index (χ1n) is 6.89. The SMILES string of the molecule is CCCNc1ccccc1S(=O)(=O)N(C)CC(O)COC. The molecule has 1 rings (SSSR count). The van der Waals surface area contributed by atoms with Crippen molar-refractivity contribution >= 4 is 15.7 Å². The van der Waals surface area contributed by atoms with Gasteiger partial charge in [-0.1, -0.05) is 19.1 Å². The fourth-order valence-electron chi connectivity index (χ4n) is 1.91. The van der Waals surface area contributed by atoms with Gasteiger partial charge in [0, 0.05) is 27.2 Å². The zero-order chi connectivity index (χ0) is 15.9. The molecule has 0 bridgehead atoms. The fraction of sp³-hybridized carbons (Fsp3) is 0.571. The molecule has 1 aromatic rings. The van der Waals surface area contributed by atoms with Crippen LogP contribution in [-0.2, 0) is 14.8 Å². The minimum Gasteiger partial charge on any atom is -0.389 e. The van der Waals surface area contributed by atoms with Crippen LogP contribution in [-0.4, -0.2) is 57.8 Å². The Morgan fingerprint density at radius 3 is 2.67 bits per heavy atom. The predicted molar refractivity (Wildman–Crippen MR) is 82.9 cm³/mol. The van der Waals surface area contributed by atoms with Crippen LogP contribution in [0, 0.1) is 0 Å². The number of hydrogen-bond donors (Lipinski definition) is 2. The van der Waals surface area contributed by atoms with Gasteiger partial charge in [-0.3, -0.25) is 0 Å². The molecule has 21 heavy (non-hydrogen) atoms. The predicted octanol–water partition coefficient (Wildman–Crippen LogP) is 1.14. The van der Waals surface area contributed by atoms with Gasteiger partial charge in [-0.15, -0.1) is 0 Å². The van der Waals surface area contributed by atoms with Crippen LogP contribution in [0.15, 0.2) is 29.2 Å². The lowest BCUT2D eigenvalue weighted by Gasteiger charge is -2.22. The smallest absolute Gasteiger partial charge is 0.244 e. The zero-order valence-electron chi connectivity index (χ0n) is 12.7. The highest BCUT2D eigenvalue weighted by Crippen LogP contribution is 2.23. The first-order chi connectivity index (χ1) is 9.93. The van der Waals surface area contributed by atoms with E-state index in [1.165, 1.54) is 14.2 Å². The summed E-state index contributed by atoms with van der Waals surface area (Å²) < 4.78 is 31.1. The van der Waals surface area contributed by atoms with Crippen molar-refractivity contribution in [3.63, 3.8) is 0 Å². The van der Waals surface area contributed by atoms with Crippen LogP contribution in [0.3, 0.4) is 0 Å². The maximum atomic E-state index is 12.6. The van der Waals surface area contributed by atoms with E-state index in [0.717, 1.165) is 10.7 Å². The molecule has 2 N–H and O–H groups in total. The molecule has 0 spiro atoms. The molecule has 1 aromatic carbocycles. The third-order valence-corrected chi connectivity index (χ3v) is 4.85. The first kappa shape index (κ1) is 17.9. The largest absolute Gasteiger partial charge is 0.389 e. The van der Waals surface area contributed by atoms with Gasteiger partial charge in [0.05, 0.1) is 18.4 Å². The molecular formula is C14H24N2O4S. The summed E-state index contributed by atoms with van der Waals surface area (Å²) in [5.41, 5.74) is 0.576. The Bertz CT molecular complexity index is 534. The summed E-state index contributed by atoms with van der Waals surface area (Å²) in [5.74, 6) is 0. The quantitative estimate of drug-likeness (QED) is 0.714. The second-order valence-electron chi connectivity index (χ2n) is 4.82. The molecule has 0 aliphatic rings. The van der Waals surface area contributed by atoms with Gasteiger partial charge >= 0.3 is 0 Å². The Balaban J connectivity index is 2.96. The Morgan fingerprint density at radius 2 is 2.05 bits per heavy atom. The lowest BCUT2D eigenvalue weighted by atomic mass is 10.3. The number of ether oxygens (including phenoxy) is 1. The molecule has 0 saturated heterocycles. The summed E-state index contributed by atoms with van der Waals surface area (Å²) in [4.78, 5) is 0.213. The van der Waals surface area contributed by atoms with E-state index >= 15 is 0 Å². The fourth-order valence-corrected chi connectivity index (χ4v) is 3.28. The number of likely N-dealkylation sites (N-methyl/N-ethyl adjacent to an activating group) is 1. The molecule has 1 unspecified atom stereocenters. The van der Waals surface area contributed by atoms with Gasteiger partial charge < -0.3 is 15.2 Å². The number of aliphatic hydroxyl groups is 1. The molecule has 120 valence electrons. The number of anilines is 1. The molecule has 0 aliphatic carbocycles. The number of hydrogen-bond acceptors (Lipinski definition) is 5. The highest BCUT2D eigenvalue weighted by Gasteiger charge is 2.25. The van der Waals surface area contributed by atoms with Crippen molar-refractivity contribution in [1.82, 2.24) is 4.31 Å². The Hall–Kier alpha value is -1.15. The molecule has 0 radical (unpaired) electrons. The summed E-state index contributed by atoms with van der Waals surface area (Å²) in [6, 6.07) is 6.77. The third-order valence-electron chi connectivity index (χ3n) is 2.97. The molecule has 7 heteroatoms. The maximum Gasteiger partial charge on any atom is 0.244 e. The first-order valence-corrected chi connectivity index (χ1v) is 8.33. The van der Waals surface area contributed by atoms with Gasteiger partial charge in [0.2, 0.25) is 10.0 Å². The van der Waals surface area contributed by atoms with Crippen molar-refractivity contribution < 1.29 is 18.3 Å². The number of nitrogens with zero attached hydrogens (tertiary/aromatic N) is 1. The normalized spacial score (nSPS) is 13.4. The van der Waals surface area contributed by atoms with E-state index < -0.39 is 16.1 Å². The van der Waals surface area contributed by atoms with E-state index in [2.05, 4.69) is 5.32 Å². The average Bonchev–Trinajstić information content (AvgIpc) is 2.45. The summed E-state index contributed by atoms with van der Waals surface area (Å²) in [6.07, 6.45) is 0.0436. The summed E-state index contributed by atoms with van der Waals surface area (Å²) in [7, 11) is -0.749. The van der Waals surface area contributed by atoms with Gasteiger partial charge in [0.25, 0.3) is 0 Å². The highest BCUT2D eigenvalue weighted by molar-refractivity contribution is 7.89. The standard InChI is InChI=1S/C14H24N2O4S/c1-4-9-15-13-7-5-6-8-14(13)21(18,19)16(2)10-12(17)11-20-3/h5-8,12,15,17H,4,9-11H2,1-3H3. The van der Waals surface area contributed by atoms with Gasteiger partial charge in [-0.25, -0.2) is 8.42 Å². The van der Waals surface area contributed by atoms with E-state index in [4.69, 9.17) is 4.74 Å². The Labute approximate surface area is 126 Å². The topological polar surface area (TPSA) is 78.9 Å². The van der Waals surface area contributed by atoms with E-state index in [1.807, 2.05) is 6.92 Å². The molecule has 0 aromatic heterocycles. The maximum absolute atomic E-state index is 12.6. The zero-order valence-corrected chi connectivity index (χ0v) is 13.6. The van der Waals surface area contributed by atoms with Gasteiger partial charge in [0.15, 0.2) is 0 Å². The van der Waals surface area contributed by atoms with Crippen LogP contribution in [0.5, 0.6) is 0 Å². The Kier molecular flexibility index (Phi) is 7.10. The van der Waals surface area contributed by atoms with E-state index in [9.17, 15) is 13.5 Å². The molecule has 0 amide bonds. The highest BCUT2D eigenvalue weighted by atomic mass is 32.2. The van der Waals surface area contributed by atoms with Crippen LogP contribution in [0.1, 0.15) is 13.3 Å². The number of para-hydroxylation sites is 1.